The number of rotatable bonds is 6. The molecule has 1 saturated heterocycles. The summed E-state index contributed by atoms with van der Waals surface area (Å²) < 4.78 is 32.3. The van der Waals surface area contributed by atoms with Crippen LogP contribution in [-0.4, -0.2) is 68.7 Å². The Balaban J connectivity index is 1.46. The predicted molar refractivity (Wildman–Crippen MR) is 116 cm³/mol. The Labute approximate surface area is 186 Å². The predicted octanol–water partition coefficient (Wildman–Crippen LogP) is 1.96. The van der Waals surface area contributed by atoms with E-state index in [-0.39, 0.29) is 40.1 Å². The van der Waals surface area contributed by atoms with Crippen LogP contribution in [-0.2, 0) is 14.8 Å². The number of hydrogen-bond donors (Lipinski definition) is 1. The highest BCUT2D eigenvalue weighted by Crippen LogP contribution is 2.25. The van der Waals surface area contributed by atoms with Crippen LogP contribution in [0.2, 0.25) is 0 Å². The minimum Gasteiger partial charge on any atom is -0.377 e. The van der Waals surface area contributed by atoms with Gasteiger partial charge in [0.25, 0.3) is 17.7 Å². The third kappa shape index (κ3) is 4.04. The van der Waals surface area contributed by atoms with E-state index in [1.54, 1.807) is 6.07 Å². The summed E-state index contributed by atoms with van der Waals surface area (Å²) in [4.78, 5) is 37.8. The summed E-state index contributed by atoms with van der Waals surface area (Å²) in [5.74, 6) is -1.28. The number of hydrogen-bond acceptors (Lipinski definition) is 6. The average Bonchev–Trinajstić information content (AvgIpc) is 3.37. The molecule has 0 spiro atoms. The maximum absolute atomic E-state index is 12.8. The first-order chi connectivity index (χ1) is 15.2. The number of nitrogens with zero attached hydrogens (tertiary/aromatic N) is 2. The molecule has 4 rings (SSSR count). The lowest BCUT2D eigenvalue weighted by molar-refractivity contribution is 0.0692. The summed E-state index contributed by atoms with van der Waals surface area (Å²) in [6.07, 6.45) is 1.65. The van der Waals surface area contributed by atoms with E-state index < -0.39 is 21.8 Å². The molecule has 1 atom stereocenters. The molecule has 2 heterocycles. The van der Waals surface area contributed by atoms with Gasteiger partial charge in [-0.3, -0.25) is 19.3 Å². The van der Waals surface area contributed by atoms with Gasteiger partial charge in [0.1, 0.15) is 0 Å². The first-order valence-corrected chi connectivity index (χ1v) is 11.6. The molecule has 0 bridgehead atoms. The second-order valence-corrected chi connectivity index (χ2v) is 9.87. The number of nitrogens with one attached hydrogen (secondary N) is 1. The van der Waals surface area contributed by atoms with Crippen molar-refractivity contribution in [1.29, 1.82) is 0 Å². The Morgan fingerprint density at radius 2 is 1.81 bits per heavy atom. The normalized spacial score (nSPS) is 18.3. The number of benzene rings is 2. The molecule has 2 aromatic rings. The minimum absolute atomic E-state index is 0.0826. The van der Waals surface area contributed by atoms with Gasteiger partial charge in [-0.1, -0.05) is 0 Å². The van der Waals surface area contributed by atoms with Crippen LogP contribution in [0.3, 0.4) is 0 Å². The number of carbonyl (C=O) groups excluding carboxylic acids is 3. The van der Waals surface area contributed by atoms with E-state index in [1.807, 2.05) is 0 Å². The van der Waals surface area contributed by atoms with Crippen molar-refractivity contribution in [3.8, 4) is 0 Å². The van der Waals surface area contributed by atoms with E-state index >= 15 is 0 Å². The topological polar surface area (TPSA) is 113 Å². The van der Waals surface area contributed by atoms with E-state index in [9.17, 15) is 22.8 Å². The first-order valence-electron chi connectivity index (χ1n) is 10.1. The van der Waals surface area contributed by atoms with Gasteiger partial charge in [0.15, 0.2) is 0 Å². The zero-order valence-corrected chi connectivity index (χ0v) is 18.5. The fraction of sp³-hybridized carbons (Fsp3) is 0.318. The summed E-state index contributed by atoms with van der Waals surface area (Å²) in [6, 6.07) is 10.1. The summed E-state index contributed by atoms with van der Waals surface area (Å²) in [5, 5.41) is 2.67. The van der Waals surface area contributed by atoms with Gasteiger partial charge in [-0.2, -0.15) is 4.31 Å². The molecule has 0 saturated carbocycles. The Kier molecular flexibility index (Phi) is 5.85. The smallest absolute Gasteiger partial charge is 0.261 e. The van der Waals surface area contributed by atoms with Gasteiger partial charge in [0, 0.05) is 38.5 Å². The number of imide groups is 1. The van der Waals surface area contributed by atoms with Crippen LogP contribution in [0.15, 0.2) is 47.4 Å². The van der Waals surface area contributed by atoms with Crippen LogP contribution in [0.5, 0.6) is 0 Å². The molecule has 2 aliphatic rings. The number of amides is 3. The summed E-state index contributed by atoms with van der Waals surface area (Å²) in [5.41, 5.74) is 1.13. The van der Waals surface area contributed by atoms with E-state index in [1.165, 1.54) is 54.8 Å². The lowest BCUT2D eigenvalue weighted by Gasteiger charge is -2.20. The van der Waals surface area contributed by atoms with Gasteiger partial charge in [-0.25, -0.2) is 8.42 Å². The van der Waals surface area contributed by atoms with Crippen molar-refractivity contribution in [2.45, 2.75) is 23.8 Å². The summed E-state index contributed by atoms with van der Waals surface area (Å²) in [7, 11) is -0.795. The minimum atomic E-state index is -3.70. The molecule has 0 radical (unpaired) electrons. The molecule has 9 nitrogen and oxygen atoms in total. The third-order valence-electron chi connectivity index (χ3n) is 5.66. The molecular weight excluding hydrogens is 434 g/mol. The van der Waals surface area contributed by atoms with Gasteiger partial charge in [0.05, 0.1) is 22.1 Å². The van der Waals surface area contributed by atoms with Crippen molar-refractivity contribution in [2.75, 3.05) is 32.6 Å². The van der Waals surface area contributed by atoms with Gasteiger partial charge in [0.2, 0.25) is 10.0 Å². The molecule has 32 heavy (non-hydrogen) atoms. The van der Waals surface area contributed by atoms with E-state index in [0.29, 0.717) is 12.3 Å². The fourth-order valence-electron chi connectivity index (χ4n) is 3.77. The Morgan fingerprint density at radius 3 is 2.47 bits per heavy atom. The molecule has 3 amide bonds. The summed E-state index contributed by atoms with van der Waals surface area (Å²) in [6.45, 7) is 0.924. The number of likely N-dealkylation sites (N-methyl/N-ethyl adjacent to an activating group) is 1. The molecule has 10 heteroatoms. The van der Waals surface area contributed by atoms with Crippen molar-refractivity contribution in [3.63, 3.8) is 0 Å². The van der Waals surface area contributed by atoms with Gasteiger partial charge < -0.3 is 10.1 Å². The monoisotopic (exact) mass is 457 g/mol. The molecule has 1 N–H and O–H groups in total. The first kappa shape index (κ1) is 22.1. The SMILES string of the molecule is CN1C(=O)c2ccc(NC(=O)c3ccc(S(=O)(=O)N(C)CC4CCCO4)cc3)cc2C1=O. The number of fused-ring (bicyclic) bond motifs is 1. The second-order valence-electron chi connectivity index (χ2n) is 7.83. The molecule has 168 valence electrons. The standard InChI is InChI=1S/C22H23N3O6S/c1-24(13-16-4-3-11-31-16)32(29,30)17-8-5-14(6-9-17)20(26)23-15-7-10-18-19(12-15)22(28)25(2)21(18)27/h5-10,12,16H,3-4,11,13H2,1-2H3,(H,23,26). The van der Waals surface area contributed by atoms with Crippen LogP contribution < -0.4 is 5.32 Å². The molecular formula is C22H23N3O6S. The van der Waals surface area contributed by atoms with E-state index in [4.69, 9.17) is 4.74 Å². The van der Waals surface area contributed by atoms with Crippen LogP contribution in [0.25, 0.3) is 0 Å². The largest absolute Gasteiger partial charge is 0.377 e. The van der Waals surface area contributed by atoms with Crippen LogP contribution in [0, 0.1) is 0 Å². The molecule has 1 unspecified atom stereocenters. The van der Waals surface area contributed by atoms with Crippen LogP contribution >= 0.6 is 0 Å². The van der Waals surface area contributed by atoms with Crippen molar-refractivity contribution < 1.29 is 27.5 Å². The Hall–Kier alpha value is -3.08. The molecule has 2 aliphatic heterocycles. The second kappa shape index (κ2) is 8.45. The number of ether oxygens (including phenoxy) is 1. The number of sulfonamides is 1. The molecule has 1 fully saturated rings. The van der Waals surface area contributed by atoms with Crippen molar-refractivity contribution in [3.05, 3.63) is 59.2 Å². The van der Waals surface area contributed by atoms with Crippen LogP contribution in [0.1, 0.15) is 43.9 Å². The zero-order valence-electron chi connectivity index (χ0n) is 17.7. The Bertz CT molecular complexity index is 1190. The fourth-order valence-corrected chi connectivity index (χ4v) is 4.98. The Morgan fingerprint density at radius 1 is 1.12 bits per heavy atom. The maximum Gasteiger partial charge on any atom is 0.261 e. The van der Waals surface area contributed by atoms with Crippen LogP contribution in [0.4, 0.5) is 5.69 Å². The average molecular weight is 458 g/mol. The van der Waals surface area contributed by atoms with Crippen molar-refractivity contribution in [1.82, 2.24) is 9.21 Å². The molecule has 0 aliphatic carbocycles. The quantitative estimate of drug-likeness (QED) is 0.664. The highest BCUT2D eigenvalue weighted by Gasteiger charge is 2.33. The van der Waals surface area contributed by atoms with E-state index in [2.05, 4.69) is 5.32 Å². The maximum atomic E-state index is 12.8. The highest BCUT2D eigenvalue weighted by atomic mass is 32.2. The molecule has 2 aromatic carbocycles. The zero-order chi connectivity index (χ0) is 23.0. The van der Waals surface area contributed by atoms with E-state index in [0.717, 1.165) is 17.7 Å². The van der Waals surface area contributed by atoms with Gasteiger partial charge in [-0.15, -0.1) is 0 Å². The number of carbonyl (C=O) groups is 3. The molecule has 0 aromatic heterocycles. The van der Waals surface area contributed by atoms with Crippen molar-refractivity contribution in [2.24, 2.45) is 0 Å². The lowest BCUT2D eigenvalue weighted by atomic mass is 10.1. The lowest BCUT2D eigenvalue weighted by Crippen LogP contribution is -2.34. The van der Waals surface area contributed by atoms with Gasteiger partial charge >= 0.3 is 0 Å². The van der Waals surface area contributed by atoms with Gasteiger partial charge in [-0.05, 0) is 55.3 Å². The third-order valence-corrected chi connectivity index (χ3v) is 7.49. The summed E-state index contributed by atoms with van der Waals surface area (Å²) >= 11 is 0. The highest BCUT2D eigenvalue weighted by molar-refractivity contribution is 7.89. The van der Waals surface area contributed by atoms with Crippen molar-refractivity contribution >= 4 is 33.4 Å². The number of anilines is 1.